The summed E-state index contributed by atoms with van der Waals surface area (Å²) in [5.41, 5.74) is 54.2. The molecule has 20 N–H and O–H groups in total. The zero-order valence-corrected chi connectivity index (χ0v) is 66.4. The number of unbranched alkanes of at least 4 members (excludes halogenated alkanes) is 10. The number of hydrogen-bond acceptors (Lipinski definition) is 25. The molecule has 5 aromatic carbocycles. The van der Waals surface area contributed by atoms with Crippen molar-refractivity contribution >= 4 is 89.5 Å². The van der Waals surface area contributed by atoms with E-state index in [1.165, 1.54) is 0 Å². The molecule has 0 bridgehead atoms. The molecule has 35 heteroatoms. The van der Waals surface area contributed by atoms with Gasteiger partial charge in [0.1, 0.15) is 28.7 Å². The third-order valence-electron chi connectivity index (χ3n) is 14.7. The molecule has 0 fully saturated rings. The van der Waals surface area contributed by atoms with Crippen LogP contribution in [0.25, 0.3) is 0 Å². The van der Waals surface area contributed by atoms with E-state index in [1.807, 2.05) is 0 Å². The first kappa shape index (κ1) is 100. The second-order valence-electron chi connectivity index (χ2n) is 24.2. The highest BCUT2D eigenvalue weighted by atomic mass is 16.6. The molecule has 0 saturated carbocycles. The maximum atomic E-state index is 11.7. The molecule has 0 aliphatic rings. The summed E-state index contributed by atoms with van der Waals surface area (Å²) >= 11 is 0. The lowest BCUT2D eigenvalue weighted by Gasteiger charge is -2.05. The summed E-state index contributed by atoms with van der Waals surface area (Å²) in [6.07, 6.45) is 13.4. The van der Waals surface area contributed by atoms with E-state index in [0.29, 0.717) is 187 Å². The summed E-state index contributed by atoms with van der Waals surface area (Å²) in [5.74, 6) is -1.11. The minimum Gasteiger partial charge on any atom is -0.462 e. The van der Waals surface area contributed by atoms with Crippen molar-refractivity contribution in [3.8, 4) is 28.7 Å². The first-order valence-electron chi connectivity index (χ1n) is 37.8. The second kappa shape index (κ2) is 62.8. The SMILES string of the molecule is CCOC(=O)c1ccc(OC(=O)CCCCCN=C(N)N)cc1.CCOC(=O)c1ccc(OC(=O)CCCCCN=C(N)N)cc1.CCOC(=O)c1ccc(OC(=O)CCCCCN=C(N)N)cc1.CCOC(=O)c1ccc(OC(=O)CCCCCN=C(N)N)cc1.CCOC(=O)c1ccc(OC(=O)CCCCCN=C(N)N)cc1. The van der Waals surface area contributed by atoms with E-state index in [1.54, 1.807) is 156 Å². The third-order valence-corrected chi connectivity index (χ3v) is 14.7. The number of nitrogens with two attached hydrogens (primary N) is 10. The fraction of sp³-hybridized carbons (Fsp3) is 0.438. The van der Waals surface area contributed by atoms with Gasteiger partial charge in [-0.1, -0.05) is 32.1 Å². The predicted molar refractivity (Wildman–Crippen MR) is 436 cm³/mol. The standard InChI is InChI=1S/5C16H23N3O4/c5*1-2-22-15(21)12-7-9-13(10-8-12)23-14(20)6-4-3-5-11-19-16(17)18/h5*7-10H,2-6,11H2,1H3,(H4,17,18,19). The Bertz CT molecular complexity index is 3260. The lowest BCUT2D eigenvalue weighted by atomic mass is 10.2. The highest BCUT2D eigenvalue weighted by Gasteiger charge is 2.15. The zero-order chi connectivity index (χ0) is 85.4. The van der Waals surface area contributed by atoms with Crippen molar-refractivity contribution in [3.63, 3.8) is 0 Å². The van der Waals surface area contributed by atoms with Crippen molar-refractivity contribution in [2.45, 2.75) is 163 Å². The number of benzene rings is 5. The van der Waals surface area contributed by atoms with Crippen LogP contribution in [0.3, 0.4) is 0 Å². The number of hydrogen-bond donors (Lipinski definition) is 10. The van der Waals surface area contributed by atoms with Gasteiger partial charge in [0.25, 0.3) is 0 Å². The molecule has 0 aromatic heterocycles. The normalized spacial score (nSPS) is 9.96. The number of carbonyl (C=O) groups excluding carboxylic acids is 10. The Balaban J connectivity index is 0.000000719. The van der Waals surface area contributed by atoms with E-state index < -0.39 is 29.8 Å². The van der Waals surface area contributed by atoms with Crippen LogP contribution in [0.2, 0.25) is 0 Å². The molecule has 0 aliphatic carbocycles. The number of ether oxygens (including phenoxy) is 10. The van der Waals surface area contributed by atoms with E-state index in [2.05, 4.69) is 25.0 Å². The molecular weight excluding hydrogens is 1490 g/mol. The lowest BCUT2D eigenvalue weighted by molar-refractivity contribution is -0.135. The largest absolute Gasteiger partial charge is 0.462 e. The van der Waals surface area contributed by atoms with Gasteiger partial charge >= 0.3 is 59.7 Å². The fourth-order valence-corrected chi connectivity index (χ4v) is 9.11. The average Bonchev–Trinajstić information content (AvgIpc) is 0.908. The van der Waals surface area contributed by atoms with E-state index >= 15 is 0 Å². The van der Waals surface area contributed by atoms with Crippen LogP contribution in [-0.2, 0) is 47.7 Å². The Morgan fingerprint density at radius 2 is 0.357 bits per heavy atom. The molecule has 35 nitrogen and oxygen atoms in total. The van der Waals surface area contributed by atoms with Gasteiger partial charge in [0.15, 0.2) is 29.8 Å². The molecule has 0 saturated heterocycles. The van der Waals surface area contributed by atoms with Gasteiger partial charge in [0.05, 0.1) is 60.9 Å². The Morgan fingerprint density at radius 1 is 0.217 bits per heavy atom. The highest BCUT2D eigenvalue weighted by molar-refractivity contribution is 5.92. The maximum absolute atomic E-state index is 11.7. The van der Waals surface area contributed by atoms with Crippen molar-refractivity contribution in [1.82, 2.24) is 0 Å². The third kappa shape index (κ3) is 52.9. The molecule has 115 heavy (non-hydrogen) atoms. The molecule has 5 rings (SSSR count). The topological polar surface area (TPSA) is 585 Å². The van der Waals surface area contributed by atoms with Crippen LogP contribution < -0.4 is 81.0 Å². The van der Waals surface area contributed by atoms with Crippen LogP contribution in [0.15, 0.2) is 146 Å². The van der Waals surface area contributed by atoms with E-state index in [0.717, 1.165) is 64.2 Å². The maximum Gasteiger partial charge on any atom is 0.338 e. The molecule has 0 spiro atoms. The Kier molecular flexibility index (Phi) is 54.7. The van der Waals surface area contributed by atoms with Crippen molar-refractivity contribution < 1.29 is 95.3 Å². The lowest BCUT2D eigenvalue weighted by Crippen LogP contribution is -2.22. The van der Waals surface area contributed by atoms with Gasteiger partial charge in [-0.15, -0.1) is 0 Å². The van der Waals surface area contributed by atoms with Crippen LogP contribution in [0, 0.1) is 0 Å². The first-order valence-corrected chi connectivity index (χ1v) is 37.8. The molecule has 0 heterocycles. The number of guanidine groups is 5. The van der Waals surface area contributed by atoms with Crippen LogP contribution in [0.4, 0.5) is 0 Å². The number of rotatable bonds is 45. The van der Waals surface area contributed by atoms with Gasteiger partial charge in [-0.2, -0.15) is 0 Å². The molecule has 630 valence electrons. The minimum atomic E-state index is -0.397. The molecule has 0 radical (unpaired) electrons. The number of aliphatic imine (C=N–C) groups is 5. The summed E-state index contributed by atoms with van der Waals surface area (Å²) in [7, 11) is 0. The molecule has 0 unspecified atom stereocenters. The minimum absolute atomic E-state index is 0.0793. The molecule has 5 aromatic rings. The molecule has 0 atom stereocenters. The summed E-state index contributed by atoms with van der Waals surface area (Å²) < 4.78 is 50.4. The quantitative estimate of drug-likeness (QED) is 0.00440. The monoisotopic (exact) mass is 1610 g/mol. The number of nitrogens with zero attached hydrogens (tertiary/aromatic N) is 5. The molecule has 0 amide bonds. The Hall–Kier alpha value is -12.9. The summed E-state index contributed by atoms with van der Waals surface area (Å²) in [6.45, 7) is 13.1. The number of carbonyl (C=O) groups is 10. The molecular formula is C80H115N15O20. The average molecular weight is 1610 g/mol. The summed E-state index contributed by atoms with van der Waals surface area (Å²) in [5, 5.41) is 0. The highest BCUT2D eigenvalue weighted by Crippen LogP contribution is 2.20. The van der Waals surface area contributed by atoms with Gasteiger partial charge in [-0.25, -0.2) is 24.0 Å². The van der Waals surface area contributed by atoms with Crippen LogP contribution >= 0.6 is 0 Å². The smallest absolute Gasteiger partial charge is 0.338 e. The van der Waals surface area contributed by atoms with Crippen molar-refractivity contribution in [3.05, 3.63) is 149 Å². The number of esters is 10. The Morgan fingerprint density at radius 3 is 0.478 bits per heavy atom. The van der Waals surface area contributed by atoms with Gasteiger partial charge in [-0.3, -0.25) is 48.9 Å². The second-order valence-corrected chi connectivity index (χ2v) is 24.2. The Labute approximate surface area is 671 Å². The van der Waals surface area contributed by atoms with Crippen molar-refractivity contribution in [2.75, 3.05) is 65.8 Å². The van der Waals surface area contributed by atoms with Crippen molar-refractivity contribution in [2.24, 2.45) is 82.3 Å². The zero-order valence-electron chi connectivity index (χ0n) is 66.4. The molecule has 0 aliphatic heterocycles. The van der Waals surface area contributed by atoms with Crippen LogP contribution in [0.5, 0.6) is 28.7 Å². The van der Waals surface area contributed by atoms with Gasteiger partial charge in [0.2, 0.25) is 0 Å². The summed E-state index contributed by atoms with van der Waals surface area (Å²) in [6, 6.07) is 31.4. The van der Waals surface area contributed by atoms with E-state index in [4.69, 9.17) is 105 Å². The van der Waals surface area contributed by atoms with E-state index in [9.17, 15) is 47.9 Å². The predicted octanol–water partition coefficient (Wildman–Crippen LogP) is 8.01. The van der Waals surface area contributed by atoms with Crippen molar-refractivity contribution in [1.29, 1.82) is 0 Å². The fourth-order valence-electron chi connectivity index (χ4n) is 9.11. The summed E-state index contributed by atoms with van der Waals surface area (Å²) in [4.78, 5) is 135. The first-order chi connectivity index (χ1) is 55.1. The van der Waals surface area contributed by atoms with Crippen LogP contribution in [-0.4, -0.2) is 155 Å². The van der Waals surface area contributed by atoms with Gasteiger partial charge < -0.3 is 105 Å². The van der Waals surface area contributed by atoms with Gasteiger partial charge in [0, 0.05) is 64.8 Å². The van der Waals surface area contributed by atoms with Crippen LogP contribution in [0.1, 0.15) is 215 Å². The van der Waals surface area contributed by atoms with Gasteiger partial charge in [-0.05, 0) is 220 Å². The van der Waals surface area contributed by atoms with E-state index in [-0.39, 0.29) is 59.6 Å².